The number of nitrogens with one attached hydrogen (secondary N) is 2. The summed E-state index contributed by atoms with van der Waals surface area (Å²) >= 11 is 1.34. The quantitative estimate of drug-likeness (QED) is 0.786. The van der Waals surface area contributed by atoms with Gasteiger partial charge in [0.15, 0.2) is 6.10 Å². The molecule has 0 radical (unpaired) electrons. The summed E-state index contributed by atoms with van der Waals surface area (Å²) in [5.41, 5.74) is 0.756. The molecule has 134 valence electrons. The molecule has 2 amide bonds. The zero-order valence-electron chi connectivity index (χ0n) is 14.1. The third-order valence-electron chi connectivity index (χ3n) is 4.44. The van der Waals surface area contributed by atoms with E-state index in [0.29, 0.717) is 0 Å². The fourth-order valence-electron chi connectivity index (χ4n) is 3.07. The summed E-state index contributed by atoms with van der Waals surface area (Å²) in [5, 5.41) is 5.15. The van der Waals surface area contributed by atoms with Crippen LogP contribution in [0.3, 0.4) is 0 Å². The first-order chi connectivity index (χ1) is 12.0. The number of anilines is 1. The van der Waals surface area contributed by atoms with E-state index in [-0.39, 0.29) is 24.3 Å². The molecular weight excluding hydrogens is 340 g/mol. The highest BCUT2D eigenvalue weighted by Gasteiger charge is 2.31. The van der Waals surface area contributed by atoms with Gasteiger partial charge in [-0.25, -0.2) is 0 Å². The second-order valence-electron chi connectivity index (χ2n) is 6.42. The van der Waals surface area contributed by atoms with Crippen LogP contribution in [0.15, 0.2) is 29.2 Å². The van der Waals surface area contributed by atoms with Gasteiger partial charge in [-0.2, -0.15) is 0 Å². The lowest BCUT2D eigenvalue weighted by molar-refractivity contribution is -0.155. The van der Waals surface area contributed by atoms with Gasteiger partial charge in [-0.1, -0.05) is 25.0 Å². The molecule has 1 saturated carbocycles. The van der Waals surface area contributed by atoms with Crippen LogP contribution in [0.1, 0.15) is 39.0 Å². The lowest BCUT2D eigenvalue weighted by Gasteiger charge is -2.24. The largest absolute Gasteiger partial charge is 0.453 e. The Morgan fingerprint density at radius 3 is 2.80 bits per heavy atom. The first-order valence-electron chi connectivity index (χ1n) is 8.59. The Morgan fingerprint density at radius 1 is 1.32 bits per heavy atom. The van der Waals surface area contributed by atoms with E-state index in [0.717, 1.165) is 36.3 Å². The van der Waals surface area contributed by atoms with E-state index < -0.39 is 17.3 Å². The minimum absolute atomic E-state index is 0.0636. The molecule has 6 nitrogen and oxygen atoms in total. The summed E-state index contributed by atoms with van der Waals surface area (Å²) in [7, 11) is 0. The number of hydrogen-bond acceptors (Lipinski definition) is 5. The third kappa shape index (κ3) is 4.54. The SMILES string of the molecule is C[C@@H](OC(=O)C[C@H]1Sc2ccccc2NC1=O)C(=O)NC1CCCC1. The van der Waals surface area contributed by atoms with Crippen LogP contribution in [-0.2, 0) is 19.1 Å². The van der Waals surface area contributed by atoms with E-state index >= 15 is 0 Å². The molecule has 7 heteroatoms. The smallest absolute Gasteiger partial charge is 0.308 e. The number of rotatable bonds is 5. The monoisotopic (exact) mass is 362 g/mol. The molecule has 0 aromatic heterocycles. The molecule has 0 saturated heterocycles. The number of amides is 2. The lowest BCUT2D eigenvalue weighted by atomic mass is 10.2. The summed E-state index contributed by atoms with van der Waals surface area (Å²) in [5.74, 6) is -1.03. The number of thioether (sulfide) groups is 1. The van der Waals surface area contributed by atoms with Crippen LogP contribution in [0.5, 0.6) is 0 Å². The van der Waals surface area contributed by atoms with Gasteiger partial charge in [0.25, 0.3) is 5.91 Å². The number of ether oxygens (including phenoxy) is 1. The predicted octanol–water partition coefficient (Wildman–Crippen LogP) is 2.48. The average Bonchev–Trinajstić information content (AvgIpc) is 3.08. The Hall–Kier alpha value is -2.02. The van der Waals surface area contributed by atoms with Gasteiger partial charge < -0.3 is 15.4 Å². The van der Waals surface area contributed by atoms with Crippen molar-refractivity contribution in [2.45, 2.75) is 61.3 Å². The van der Waals surface area contributed by atoms with Crippen LogP contribution in [0.2, 0.25) is 0 Å². The minimum atomic E-state index is -0.850. The van der Waals surface area contributed by atoms with Gasteiger partial charge in [0.1, 0.15) is 0 Å². The third-order valence-corrected chi connectivity index (χ3v) is 5.71. The maximum Gasteiger partial charge on any atom is 0.308 e. The van der Waals surface area contributed by atoms with Crippen molar-refractivity contribution < 1.29 is 19.1 Å². The lowest BCUT2D eigenvalue weighted by Crippen LogP contribution is -2.41. The number of benzene rings is 1. The molecule has 1 aliphatic carbocycles. The van der Waals surface area contributed by atoms with Crippen LogP contribution in [0.25, 0.3) is 0 Å². The van der Waals surface area contributed by atoms with Gasteiger partial charge in [-0.3, -0.25) is 14.4 Å². The highest BCUT2D eigenvalue weighted by atomic mass is 32.2. The van der Waals surface area contributed by atoms with E-state index in [9.17, 15) is 14.4 Å². The molecule has 25 heavy (non-hydrogen) atoms. The predicted molar refractivity (Wildman–Crippen MR) is 95.3 cm³/mol. The van der Waals surface area contributed by atoms with E-state index in [1.165, 1.54) is 11.8 Å². The molecular formula is C18H22N2O4S. The molecule has 1 aromatic rings. The number of esters is 1. The molecule has 0 spiro atoms. The molecule has 1 aromatic carbocycles. The Kier molecular flexibility index (Phi) is 5.63. The minimum Gasteiger partial charge on any atom is -0.453 e. The second kappa shape index (κ2) is 7.91. The zero-order valence-corrected chi connectivity index (χ0v) is 14.9. The van der Waals surface area contributed by atoms with Gasteiger partial charge in [-0.05, 0) is 31.9 Å². The van der Waals surface area contributed by atoms with Gasteiger partial charge >= 0.3 is 5.97 Å². The molecule has 1 fully saturated rings. The van der Waals surface area contributed by atoms with Gasteiger partial charge in [0, 0.05) is 10.9 Å². The number of carbonyl (C=O) groups is 3. The van der Waals surface area contributed by atoms with Gasteiger partial charge in [0.05, 0.1) is 17.4 Å². The van der Waals surface area contributed by atoms with Crippen molar-refractivity contribution in [2.24, 2.45) is 0 Å². The topological polar surface area (TPSA) is 84.5 Å². The summed E-state index contributed by atoms with van der Waals surface area (Å²) in [6.07, 6.45) is 3.28. The Morgan fingerprint density at radius 2 is 2.04 bits per heavy atom. The normalized spacial score (nSPS) is 21.2. The number of para-hydroxylation sites is 1. The number of fused-ring (bicyclic) bond motifs is 1. The van der Waals surface area contributed by atoms with Crippen LogP contribution in [-0.4, -0.2) is 35.2 Å². The fourth-order valence-corrected chi connectivity index (χ4v) is 4.16. The first-order valence-corrected chi connectivity index (χ1v) is 9.47. The Bertz CT molecular complexity index is 673. The molecule has 2 atom stereocenters. The van der Waals surface area contributed by atoms with E-state index in [1.807, 2.05) is 24.3 Å². The molecule has 3 rings (SSSR count). The summed E-state index contributed by atoms with van der Waals surface area (Å²) < 4.78 is 5.22. The summed E-state index contributed by atoms with van der Waals surface area (Å²) in [4.78, 5) is 37.3. The Labute approximate surface area is 151 Å². The van der Waals surface area contributed by atoms with Crippen molar-refractivity contribution >= 4 is 35.2 Å². The van der Waals surface area contributed by atoms with Crippen LogP contribution >= 0.6 is 11.8 Å². The van der Waals surface area contributed by atoms with Crippen molar-refractivity contribution in [1.82, 2.24) is 5.32 Å². The number of carbonyl (C=O) groups excluding carboxylic acids is 3. The van der Waals surface area contributed by atoms with Crippen molar-refractivity contribution in [1.29, 1.82) is 0 Å². The molecule has 2 N–H and O–H groups in total. The van der Waals surface area contributed by atoms with Crippen molar-refractivity contribution in [3.8, 4) is 0 Å². The van der Waals surface area contributed by atoms with E-state index in [4.69, 9.17) is 4.74 Å². The molecule has 2 aliphatic rings. The molecule has 0 unspecified atom stereocenters. The average molecular weight is 362 g/mol. The van der Waals surface area contributed by atoms with E-state index in [2.05, 4.69) is 10.6 Å². The van der Waals surface area contributed by atoms with Crippen LogP contribution < -0.4 is 10.6 Å². The van der Waals surface area contributed by atoms with Crippen molar-refractivity contribution in [2.75, 3.05) is 5.32 Å². The number of hydrogen-bond donors (Lipinski definition) is 2. The summed E-state index contributed by atoms with van der Waals surface area (Å²) in [6.45, 7) is 1.56. The van der Waals surface area contributed by atoms with Crippen molar-refractivity contribution in [3.05, 3.63) is 24.3 Å². The molecule has 0 bridgehead atoms. The van der Waals surface area contributed by atoms with Gasteiger partial charge in [0.2, 0.25) is 5.91 Å². The van der Waals surface area contributed by atoms with E-state index in [1.54, 1.807) is 6.92 Å². The molecule has 1 heterocycles. The Balaban J connectivity index is 1.50. The summed E-state index contributed by atoms with van der Waals surface area (Å²) in [6, 6.07) is 7.64. The second-order valence-corrected chi connectivity index (χ2v) is 7.66. The van der Waals surface area contributed by atoms with Crippen LogP contribution in [0.4, 0.5) is 5.69 Å². The highest BCUT2D eigenvalue weighted by molar-refractivity contribution is 8.01. The maximum absolute atomic E-state index is 12.1. The van der Waals surface area contributed by atoms with Gasteiger partial charge in [-0.15, -0.1) is 11.8 Å². The highest BCUT2D eigenvalue weighted by Crippen LogP contribution is 2.36. The molecule has 1 aliphatic heterocycles. The fraction of sp³-hybridized carbons (Fsp3) is 0.500. The zero-order chi connectivity index (χ0) is 17.8. The van der Waals surface area contributed by atoms with Crippen molar-refractivity contribution in [3.63, 3.8) is 0 Å². The first kappa shape index (κ1) is 17.8. The maximum atomic E-state index is 12.1. The van der Waals surface area contributed by atoms with Crippen LogP contribution in [0, 0.1) is 0 Å². The standard InChI is InChI=1S/C18H22N2O4S/c1-11(17(22)19-12-6-2-3-7-12)24-16(21)10-15-18(23)20-13-8-4-5-9-14(13)25-15/h4-5,8-9,11-12,15H,2-3,6-7,10H2,1H3,(H,19,22)(H,20,23)/t11-,15-/m1/s1.